The minimum atomic E-state index is -0.468. The van der Waals surface area contributed by atoms with Crippen molar-refractivity contribution in [2.75, 3.05) is 13.1 Å². The first-order chi connectivity index (χ1) is 7.65. The van der Waals surface area contributed by atoms with Crippen molar-refractivity contribution in [1.82, 2.24) is 4.90 Å². The van der Waals surface area contributed by atoms with E-state index in [0.29, 0.717) is 0 Å². The topological polar surface area (TPSA) is 46.3 Å². The summed E-state index contributed by atoms with van der Waals surface area (Å²) in [7, 11) is 0. The molecule has 1 saturated heterocycles. The van der Waals surface area contributed by atoms with E-state index in [0.717, 1.165) is 38.3 Å². The molecule has 2 N–H and O–H groups in total. The molecule has 1 unspecified atom stereocenters. The van der Waals surface area contributed by atoms with E-state index in [1.54, 1.807) is 0 Å². The Balaban J connectivity index is 1.86. The van der Waals surface area contributed by atoms with Crippen LogP contribution < -0.4 is 5.73 Å². The summed E-state index contributed by atoms with van der Waals surface area (Å²) in [6.07, 6.45) is 7.98. The third-order valence-corrected chi connectivity index (χ3v) is 4.05. The zero-order chi connectivity index (χ0) is 11.6. The van der Waals surface area contributed by atoms with Crippen molar-refractivity contribution < 1.29 is 4.79 Å². The van der Waals surface area contributed by atoms with E-state index >= 15 is 0 Å². The Kier molecular flexibility index (Phi) is 3.53. The van der Waals surface area contributed by atoms with Gasteiger partial charge in [0.15, 0.2) is 0 Å². The van der Waals surface area contributed by atoms with Crippen LogP contribution >= 0.6 is 0 Å². The second-order valence-corrected chi connectivity index (χ2v) is 5.53. The number of hydrogen-bond donors (Lipinski definition) is 1. The smallest absolute Gasteiger partial charge is 0.242 e. The standard InChI is InChI=1S/C13H24N2O/c1-2-4-11-5-3-9-15(10-6-11)12(16)13(14)7-8-13/h11H,2-10,14H2,1H3. The molecule has 0 aromatic rings. The molecule has 0 aromatic carbocycles. The molecule has 1 heterocycles. The third-order valence-electron chi connectivity index (χ3n) is 4.05. The summed E-state index contributed by atoms with van der Waals surface area (Å²) in [5.74, 6) is 1.04. The molecule has 2 rings (SSSR count). The van der Waals surface area contributed by atoms with Gasteiger partial charge in [0.25, 0.3) is 0 Å². The van der Waals surface area contributed by atoms with Crippen LogP contribution in [0.3, 0.4) is 0 Å². The lowest BCUT2D eigenvalue weighted by atomic mass is 9.96. The Hall–Kier alpha value is -0.570. The minimum Gasteiger partial charge on any atom is -0.341 e. The van der Waals surface area contributed by atoms with Crippen LogP contribution in [0.5, 0.6) is 0 Å². The molecule has 0 aromatic heterocycles. The summed E-state index contributed by atoms with van der Waals surface area (Å²) < 4.78 is 0. The number of likely N-dealkylation sites (tertiary alicyclic amines) is 1. The van der Waals surface area contributed by atoms with Crippen molar-refractivity contribution in [3.05, 3.63) is 0 Å². The summed E-state index contributed by atoms with van der Waals surface area (Å²) in [6, 6.07) is 0. The molecule has 0 spiro atoms. The summed E-state index contributed by atoms with van der Waals surface area (Å²) in [5.41, 5.74) is 5.51. The third kappa shape index (κ3) is 2.57. The highest BCUT2D eigenvalue weighted by Gasteiger charge is 2.48. The van der Waals surface area contributed by atoms with Crippen LogP contribution in [0, 0.1) is 5.92 Å². The number of rotatable bonds is 3. The van der Waals surface area contributed by atoms with Gasteiger partial charge in [-0.25, -0.2) is 0 Å². The van der Waals surface area contributed by atoms with Gasteiger partial charge in [0.05, 0.1) is 5.54 Å². The Bertz CT molecular complexity index is 261. The van der Waals surface area contributed by atoms with Gasteiger partial charge in [-0.15, -0.1) is 0 Å². The van der Waals surface area contributed by atoms with Crippen molar-refractivity contribution in [1.29, 1.82) is 0 Å². The monoisotopic (exact) mass is 224 g/mol. The normalized spacial score (nSPS) is 28.6. The Morgan fingerprint density at radius 3 is 2.75 bits per heavy atom. The van der Waals surface area contributed by atoms with Crippen molar-refractivity contribution in [3.63, 3.8) is 0 Å². The fourth-order valence-corrected chi connectivity index (χ4v) is 2.73. The lowest BCUT2D eigenvalue weighted by molar-refractivity contribution is -0.133. The van der Waals surface area contributed by atoms with Crippen molar-refractivity contribution in [3.8, 4) is 0 Å². The molecule has 16 heavy (non-hydrogen) atoms. The van der Waals surface area contributed by atoms with Crippen LogP contribution in [0.15, 0.2) is 0 Å². The quantitative estimate of drug-likeness (QED) is 0.796. The Labute approximate surface area is 98.4 Å². The summed E-state index contributed by atoms with van der Waals surface area (Å²) in [5, 5.41) is 0. The van der Waals surface area contributed by atoms with Gasteiger partial charge in [0, 0.05) is 13.1 Å². The van der Waals surface area contributed by atoms with Crippen LogP contribution in [0.25, 0.3) is 0 Å². The predicted octanol–water partition coefficient (Wildman–Crippen LogP) is 1.91. The van der Waals surface area contributed by atoms with Gasteiger partial charge < -0.3 is 10.6 Å². The largest absolute Gasteiger partial charge is 0.341 e. The van der Waals surface area contributed by atoms with Crippen LogP contribution in [0.4, 0.5) is 0 Å². The molecule has 1 atom stereocenters. The van der Waals surface area contributed by atoms with Gasteiger partial charge in [-0.05, 0) is 38.0 Å². The molecule has 0 bridgehead atoms. The van der Waals surface area contributed by atoms with E-state index in [9.17, 15) is 4.79 Å². The number of nitrogens with two attached hydrogens (primary N) is 1. The number of carbonyl (C=O) groups is 1. The number of hydrogen-bond acceptors (Lipinski definition) is 2. The SMILES string of the molecule is CCCC1CCCN(C(=O)C2(N)CC2)CC1. The first-order valence-corrected chi connectivity index (χ1v) is 6.74. The van der Waals surface area contributed by atoms with E-state index in [2.05, 4.69) is 6.92 Å². The maximum Gasteiger partial charge on any atom is 0.242 e. The average molecular weight is 224 g/mol. The minimum absolute atomic E-state index is 0.213. The highest BCUT2D eigenvalue weighted by Crippen LogP contribution is 2.35. The number of carbonyl (C=O) groups excluding carboxylic acids is 1. The second kappa shape index (κ2) is 4.74. The first-order valence-electron chi connectivity index (χ1n) is 6.74. The molecule has 1 amide bonds. The predicted molar refractivity (Wildman–Crippen MR) is 65.0 cm³/mol. The summed E-state index contributed by atoms with van der Waals surface area (Å²) >= 11 is 0. The zero-order valence-corrected chi connectivity index (χ0v) is 10.4. The highest BCUT2D eigenvalue weighted by molar-refractivity contribution is 5.89. The molecule has 3 nitrogen and oxygen atoms in total. The van der Waals surface area contributed by atoms with Gasteiger partial charge in [-0.1, -0.05) is 19.8 Å². The molecule has 1 aliphatic heterocycles. The van der Waals surface area contributed by atoms with Crippen molar-refractivity contribution >= 4 is 5.91 Å². The van der Waals surface area contributed by atoms with Gasteiger partial charge in [-0.3, -0.25) is 4.79 Å². The molecule has 1 saturated carbocycles. The lowest BCUT2D eigenvalue weighted by Gasteiger charge is -2.24. The summed E-state index contributed by atoms with van der Waals surface area (Å²) in [6.45, 7) is 4.10. The fraction of sp³-hybridized carbons (Fsp3) is 0.923. The van der Waals surface area contributed by atoms with Gasteiger partial charge in [-0.2, -0.15) is 0 Å². The van der Waals surface area contributed by atoms with E-state index in [1.165, 1.54) is 25.7 Å². The molecule has 92 valence electrons. The molecular formula is C13H24N2O. The van der Waals surface area contributed by atoms with Crippen molar-refractivity contribution in [2.45, 2.75) is 57.4 Å². The van der Waals surface area contributed by atoms with E-state index < -0.39 is 5.54 Å². The number of nitrogens with zero attached hydrogens (tertiary/aromatic N) is 1. The van der Waals surface area contributed by atoms with E-state index in [-0.39, 0.29) is 5.91 Å². The highest BCUT2D eigenvalue weighted by atomic mass is 16.2. The average Bonchev–Trinajstić information content (AvgIpc) is 3.03. The molecule has 2 fully saturated rings. The van der Waals surface area contributed by atoms with Crippen molar-refractivity contribution in [2.24, 2.45) is 11.7 Å². The van der Waals surface area contributed by atoms with Gasteiger partial charge in [0.1, 0.15) is 0 Å². The fourth-order valence-electron chi connectivity index (χ4n) is 2.73. The van der Waals surface area contributed by atoms with Crippen LogP contribution in [-0.4, -0.2) is 29.4 Å². The first kappa shape index (κ1) is 11.9. The van der Waals surface area contributed by atoms with Gasteiger partial charge in [0.2, 0.25) is 5.91 Å². The molecule has 2 aliphatic rings. The van der Waals surface area contributed by atoms with Gasteiger partial charge >= 0.3 is 0 Å². The summed E-state index contributed by atoms with van der Waals surface area (Å²) in [4.78, 5) is 14.1. The van der Waals surface area contributed by atoms with Crippen LogP contribution in [0.2, 0.25) is 0 Å². The van der Waals surface area contributed by atoms with E-state index in [1.807, 2.05) is 4.90 Å². The van der Waals surface area contributed by atoms with Crippen LogP contribution in [0.1, 0.15) is 51.9 Å². The number of amides is 1. The molecular weight excluding hydrogens is 200 g/mol. The molecule has 0 radical (unpaired) electrons. The Morgan fingerprint density at radius 2 is 2.12 bits per heavy atom. The Morgan fingerprint density at radius 1 is 1.38 bits per heavy atom. The van der Waals surface area contributed by atoms with E-state index in [4.69, 9.17) is 5.73 Å². The maximum atomic E-state index is 12.1. The molecule has 1 aliphatic carbocycles. The lowest BCUT2D eigenvalue weighted by Crippen LogP contribution is -2.46. The zero-order valence-electron chi connectivity index (χ0n) is 10.4. The molecule has 3 heteroatoms. The maximum absolute atomic E-state index is 12.1. The van der Waals surface area contributed by atoms with Crippen LogP contribution in [-0.2, 0) is 4.79 Å². The second-order valence-electron chi connectivity index (χ2n) is 5.53.